The number of hydrogen-bond donors (Lipinski definition) is 0. The normalized spacial score (nSPS) is 18.5. The van der Waals surface area contributed by atoms with Crippen molar-refractivity contribution in [2.24, 2.45) is 5.41 Å². The van der Waals surface area contributed by atoms with E-state index in [0.717, 1.165) is 0 Å². The molecule has 0 aliphatic heterocycles. The summed E-state index contributed by atoms with van der Waals surface area (Å²) >= 11 is 5.85. The number of esters is 1. The summed E-state index contributed by atoms with van der Waals surface area (Å²) in [5, 5.41) is 9.94. The first-order valence-electron chi connectivity index (χ1n) is 5.84. The minimum atomic E-state index is -1.34. The maximum absolute atomic E-state index is 11.4. The van der Waals surface area contributed by atoms with Crippen molar-refractivity contribution in [3.8, 4) is 18.4 Å². The average Bonchev–Trinajstić information content (AvgIpc) is 3.18. The number of hydrogen-bond acceptors (Lipinski definition) is 3. The lowest BCUT2D eigenvalue weighted by Gasteiger charge is -2.32. The molecule has 0 aromatic heterocycles. The van der Waals surface area contributed by atoms with E-state index < -0.39 is 17.0 Å². The number of terminal acetylenes is 1. The lowest BCUT2D eigenvalue weighted by Crippen LogP contribution is -2.39. The monoisotopic (exact) mass is 273 g/mol. The fraction of sp³-hybridized carbons (Fsp3) is 0.333. The van der Waals surface area contributed by atoms with Crippen molar-refractivity contribution in [1.82, 2.24) is 0 Å². The van der Waals surface area contributed by atoms with Gasteiger partial charge in [0.05, 0.1) is 6.07 Å². The molecule has 1 aromatic rings. The molecule has 4 heteroatoms. The molecule has 1 aromatic carbocycles. The van der Waals surface area contributed by atoms with Crippen LogP contribution in [0.25, 0.3) is 0 Å². The van der Waals surface area contributed by atoms with Crippen molar-refractivity contribution in [3.63, 3.8) is 0 Å². The molecule has 0 amide bonds. The maximum Gasteiger partial charge on any atom is 0.304 e. The third kappa shape index (κ3) is 2.07. The molecule has 0 unspecified atom stereocenters. The van der Waals surface area contributed by atoms with Crippen molar-refractivity contribution in [2.45, 2.75) is 25.4 Å². The van der Waals surface area contributed by atoms with Crippen molar-refractivity contribution in [2.75, 3.05) is 0 Å². The fourth-order valence-electron chi connectivity index (χ4n) is 2.25. The number of nitrogens with zero attached hydrogens (tertiary/aromatic N) is 1. The van der Waals surface area contributed by atoms with Crippen LogP contribution in [0.15, 0.2) is 24.3 Å². The highest BCUT2D eigenvalue weighted by Crippen LogP contribution is 2.59. The van der Waals surface area contributed by atoms with Crippen LogP contribution in [0.1, 0.15) is 25.3 Å². The zero-order valence-electron chi connectivity index (χ0n) is 10.4. The molecule has 1 atom stereocenters. The number of rotatable bonds is 3. The molecule has 0 bridgehead atoms. The Balaban J connectivity index is 2.57. The first kappa shape index (κ1) is 13.5. The second-order valence-electron chi connectivity index (χ2n) is 4.62. The van der Waals surface area contributed by atoms with Crippen LogP contribution in [-0.2, 0) is 15.1 Å². The Kier molecular flexibility index (Phi) is 3.27. The van der Waals surface area contributed by atoms with Crippen LogP contribution in [0.3, 0.4) is 0 Å². The number of ether oxygens (including phenoxy) is 1. The van der Waals surface area contributed by atoms with E-state index in [9.17, 15) is 10.1 Å². The van der Waals surface area contributed by atoms with Gasteiger partial charge < -0.3 is 4.74 Å². The molecule has 0 radical (unpaired) electrons. The van der Waals surface area contributed by atoms with Gasteiger partial charge in [0.15, 0.2) is 0 Å². The summed E-state index contributed by atoms with van der Waals surface area (Å²) in [4.78, 5) is 11.4. The predicted molar refractivity (Wildman–Crippen MR) is 71.0 cm³/mol. The molecular weight excluding hydrogens is 262 g/mol. The van der Waals surface area contributed by atoms with E-state index in [0.29, 0.717) is 23.4 Å². The third-order valence-electron chi connectivity index (χ3n) is 3.39. The van der Waals surface area contributed by atoms with Gasteiger partial charge in [0.1, 0.15) is 5.41 Å². The summed E-state index contributed by atoms with van der Waals surface area (Å²) in [6, 6.07) is 8.94. The second-order valence-corrected chi connectivity index (χ2v) is 5.06. The van der Waals surface area contributed by atoms with Gasteiger partial charge in [-0.25, -0.2) is 0 Å². The quantitative estimate of drug-likeness (QED) is 0.628. The van der Waals surface area contributed by atoms with Crippen LogP contribution in [0.4, 0.5) is 0 Å². The zero-order chi connectivity index (χ0) is 14.1. The number of carbonyl (C=O) groups is 1. The smallest absolute Gasteiger partial charge is 0.304 e. The first-order chi connectivity index (χ1) is 8.99. The highest BCUT2D eigenvalue weighted by Gasteiger charge is 2.63. The van der Waals surface area contributed by atoms with E-state index >= 15 is 0 Å². The van der Waals surface area contributed by atoms with E-state index in [1.165, 1.54) is 6.92 Å². The SMILES string of the molecule is C#C[C@](OC(C)=O)(c1ccc(Cl)cc1)C1(C#N)CC1. The van der Waals surface area contributed by atoms with Gasteiger partial charge in [-0.3, -0.25) is 4.79 Å². The standard InChI is InChI=1S/C15H12ClNO2/c1-3-15(19-11(2)18,14(10-17)8-9-14)12-4-6-13(16)7-5-12/h1,4-7H,8-9H2,2H3/t15-/m0/s1. The molecule has 1 aliphatic rings. The minimum Gasteiger partial charge on any atom is -0.440 e. The van der Waals surface area contributed by atoms with Crippen LogP contribution >= 0.6 is 11.6 Å². The van der Waals surface area contributed by atoms with Crippen LogP contribution < -0.4 is 0 Å². The topological polar surface area (TPSA) is 50.1 Å². The molecule has 0 saturated heterocycles. The van der Waals surface area contributed by atoms with Crippen LogP contribution in [0, 0.1) is 29.1 Å². The first-order valence-corrected chi connectivity index (χ1v) is 6.22. The van der Waals surface area contributed by atoms with Crippen LogP contribution in [0.2, 0.25) is 5.02 Å². The Labute approximate surface area is 117 Å². The Hall–Kier alpha value is -1.97. The Morgan fingerprint density at radius 1 is 1.47 bits per heavy atom. The molecule has 0 heterocycles. The van der Waals surface area contributed by atoms with Crippen molar-refractivity contribution < 1.29 is 9.53 Å². The van der Waals surface area contributed by atoms with Gasteiger partial charge >= 0.3 is 5.97 Å². The highest BCUT2D eigenvalue weighted by atomic mass is 35.5. The molecule has 2 rings (SSSR count). The Bertz CT molecular complexity index is 590. The predicted octanol–water partition coefficient (Wildman–Crippen LogP) is 3.04. The Morgan fingerprint density at radius 2 is 2.05 bits per heavy atom. The summed E-state index contributed by atoms with van der Waals surface area (Å²) in [6.45, 7) is 1.29. The van der Waals surface area contributed by atoms with E-state index in [1.807, 2.05) is 0 Å². The molecule has 3 nitrogen and oxygen atoms in total. The van der Waals surface area contributed by atoms with Gasteiger partial charge in [-0.1, -0.05) is 29.7 Å². The van der Waals surface area contributed by atoms with Gasteiger partial charge in [-0.2, -0.15) is 5.26 Å². The number of benzene rings is 1. The van der Waals surface area contributed by atoms with Gasteiger partial charge in [-0.05, 0) is 25.0 Å². The summed E-state index contributed by atoms with van der Waals surface area (Å²) in [7, 11) is 0. The average molecular weight is 274 g/mol. The molecule has 96 valence electrons. The largest absolute Gasteiger partial charge is 0.440 e. The minimum absolute atomic E-state index is 0.505. The molecular formula is C15H12ClNO2. The van der Waals surface area contributed by atoms with Gasteiger partial charge in [0, 0.05) is 17.5 Å². The molecule has 0 N–H and O–H groups in total. The van der Waals surface area contributed by atoms with E-state index in [-0.39, 0.29) is 0 Å². The maximum atomic E-state index is 11.4. The summed E-state index contributed by atoms with van der Waals surface area (Å²) in [5.74, 6) is 2.02. The zero-order valence-corrected chi connectivity index (χ0v) is 11.2. The highest BCUT2D eigenvalue weighted by molar-refractivity contribution is 6.30. The van der Waals surface area contributed by atoms with Crippen LogP contribution in [0.5, 0.6) is 0 Å². The molecule has 0 spiro atoms. The van der Waals surface area contributed by atoms with Crippen molar-refractivity contribution in [1.29, 1.82) is 5.26 Å². The van der Waals surface area contributed by atoms with Crippen molar-refractivity contribution in [3.05, 3.63) is 34.9 Å². The summed E-state index contributed by atoms with van der Waals surface area (Å²) in [5.41, 5.74) is -1.56. The molecule has 19 heavy (non-hydrogen) atoms. The van der Waals surface area contributed by atoms with Gasteiger partial charge in [-0.15, -0.1) is 6.42 Å². The van der Waals surface area contributed by atoms with E-state index in [2.05, 4.69) is 12.0 Å². The third-order valence-corrected chi connectivity index (χ3v) is 3.64. The summed E-state index contributed by atoms with van der Waals surface area (Å²) < 4.78 is 5.39. The molecule has 1 aliphatic carbocycles. The Morgan fingerprint density at radius 3 is 2.42 bits per heavy atom. The van der Waals surface area contributed by atoms with E-state index in [1.54, 1.807) is 24.3 Å². The molecule has 1 saturated carbocycles. The molecule has 1 fully saturated rings. The van der Waals surface area contributed by atoms with Gasteiger partial charge in [0.25, 0.3) is 0 Å². The van der Waals surface area contributed by atoms with E-state index in [4.69, 9.17) is 22.8 Å². The second kappa shape index (κ2) is 4.61. The number of carbonyl (C=O) groups excluding carboxylic acids is 1. The lowest BCUT2D eigenvalue weighted by atomic mass is 9.79. The number of halogens is 1. The van der Waals surface area contributed by atoms with Gasteiger partial charge in [0.2, 0.25) is 5.60 Å². The number of nitriles is 1. The lowest BCUT2D eigenvalue weighted by molar-refractivity contribution is -0.156. The van der Waals surface area contributed by atoms with Crippen LogP contribution in [-0.4, -0.2) is 5.97 Å². The van der Waals surface area contributed by atoms with Crippen molar-refractivity contribution >= 4 is 17.6 Å². The summed E-state index contributed by atoms with van der Waals surface area (Å²) in [6.07, 6.45) is 6.85. The fourth-order valence-corrected chi connectivity index (χ4v) is 2.38.